The number of ether oxygens (including phenoxy) is 1. The van der Waals surface area contributed by atoms with Crippen LogP contribution in [0.4, 0.5) is 10.1 Å². The highest BCUT2D eigenvalue weighted by atomic mass is 79.9. The van der Waals surface area contributed by atoms with E-state index in [-0.39, 0.29) is 17.0 Å². The van der Waals surface area contributed by atoms with Gasteiger partial charge in [-0.1, -0.05) is 0 Å². The number of nitrogens with two attached hydrogens (primary N) is 1. The highest BCUT2D eigenvalue weighted by Gasteiger charge is 2.14. The number of halogens is 2. The molecule has 0 radical (unpaired) electrons. The number of nitrogen functional groups attached to an aromatic ring is 1. The van der Waals surface area contributed by atoms with Gasteiger partial charge in [-0.25, -0.2) is 4.39 Å². The quantitative estimate of drug-likeness (QED) is 0.695. The number of methoxy groups -OCH3 is 1. The lowest BCUT2D eigenvalue weighted by molar-refractivity contribution is 0.103. The zero-order valence-electron chi connectivity index (χ0n) is 10.1. The van der Waals surface area contributed by atoms with Crippen molar-refractivity contribution < 1.29 is 13.9 Å². The van der Waals surface area contributed by atoms with E-state index in [2.05, 4.69) is 15.9 Å². The first-order valence-electron chi connectivity index (χ1n) is 5.46. The lowest BCUT2D eigenvalue weighted by Crippen LogP contribution is -2.04. The molecule has 0 aliphatic carbocycles. The summed E-state index contributed by atoms with van der Waals surface area (Å²) in [6.45, 7) is 0. The Morgan fingerprint density at radius 1 is 1.26 bits per heavy atom. The average molecular weight is 324 g/mol. The van der Waals surface area contributed by atoms with E-state index >= 15 is 0 Å². The van der Waals surface area contributed by atoms with Crippen LogP contribution in [0, 0.1) is 5.82 Å². The maximum atomic E-state index is 13.4. The topological polar surface area (TPSA) is 52.3 Å². The molecule has 2 N–H and O–H groups in total. The molecule has 0 amide bonds. The molecular formula is C14H11BrFNO2. The summed E-state index contributed by atoms with van der Waals surface area (Å²) in [5, 5.41) is 0. The summed E-state index contributed by atoms with van der Waals surface area (Å²) < 4.78 is 19.0. The number of hydrogen-bond acceptors (Lipinski definition) is 3. The van der Waals surface area contributed by atoms with E-state index in [0.717, 1.165) is 6.07 Å². The zero-order chi connectivity index (χ0) is 14.0. The normalized spacial score (nSPS) is 10.3. The van der Waals surface area contributed by atoms with Crippen LogP contribution in [0.25, 0.3) is 0 Å². The Morgan fingerprint density at radius 3 is 2.58 bits per heavy atom. The average Bonchev–Trinajstić information content (AvgIpc) is 2.41. The number of ketones is 1. The molecule has 0 aliphatic heterocycles. The Kier molecular flexibility index (Phi) is 3.85. The van der Waals surface area contributed by atoms with Crippen molar-refractivity contribution in [2.75, 3.05) is 12.8 Å². The first-order chi connectivity index (χ1) is 9.02. The maximum Gasteiger partial charge on any atom is 0.194 e. The van der Waals surface area contributed by atoms with Crippen molar-refractivity contribution in [3.8, 4) is 5.75 Å². The van der Waals surface area contributed by atoms with Crippen molar-refractivity contribution in [2.45, 2.75) is 0 Å². The van der Waals surface area contributed by atoms with Gasteiger partial charge in [-0.15, -0.1) is 0 Å². The molecule has 0 atom stereocenters. The molecule has 0 aromatic heterocycles. The van der Waals surface area contributed by atoms with Gasteiger partial charge in [0.1, 0.15) is 11.6 Å². The first kappa shape index (κ1) is 13.5. The molecule has 0 aliphatic rings. The van der Waals surface area contributed by atoms with E-state index in [9.17, 15) is 9.18 Å². The van der Waals surface area contributed by atoms with Crippen molar-refractivity contribution in [3.63, 3.8) is 0 Å². The SMILES string of the molecule is COc1ccc(C(=O)c2ccc(N)c(F)c2)c(Br)c1. The molecule has 2 rings (SSSR count). The number of hydrogen-bond donors (Lipinski definition) is 1. The van der Waals surface area contributed by atoms with E-state index < -0.39 is 5.82 Å². The van der Waals surface area contributed by atoms with Crippen LogP contribution in [0.15, 0.2) is 40.9 Å². The summed E-state index contributed by atoms with van der Waals surface area (Å²) in [5.41, 5.74) is 6.08. The van der Waals surface area contributed by atoms with Crippen molar-refractivity contribution in [1.82, 2.24) is 0 Å². The number of anilines is 1. The summed E-state index contributed by atoms with van der Waals surface area (Å²) >= 11 is 3.30. The van der Waals surface area contributed by atoms with Crippen molar-refractivity contribution in [3.05, 3.63) is 57.8 Å². The fourth-order valence-corrected chi connectivity index (χ4v) is 2.17. The molecule has 19 heavy (non-hydrogen) atoms. The second-order valence-corrected chi connectivity index (χ2v) is 4.77. The monoisotopic (exact) mass is 323 g/mol. The van der Waals surface area contributed by atoms with Crippen LogP contribution in [0.5, 0.6) is 5.75 Å². The van der Waals surface area contributed by atoms with E-state index in [0.29, 0.717) is 15.8 Å². The predicted molar refractivity (Wildman–Crippen MR) is 74.9 cm³/mol. The van der Waals surface area contributed by atoms with Crippen molar-refractivity contribution in [1.29, 1.82) is 0 Å². The summed E-state index contributed by atoms with van der Waals surface area (Å²) in [7, 11) is 1.54. The molecule has 0 saturated heterocycles. The minimum atomic E-state index is -0.601. The molecule has 0 bridgehead atoms. The first-order valence-corrected chi connectivity index (χ1v) is 6.25. The van der Waals surface area contributed by atoms with E-state index in [4.69, 9.17) is 10.5 Å². The predicted octanol–water partition coefficient (Wildman–Crippen LogP) is 3.41. The standard InChI is InChI=1S/C14H11BrFNO2/c1-19-9-3-4-10(11(15)7-9)14(18)8-2-5-13(17)12(16)6-8/h2-7H,17H2,1H3. The largest absolute Gasteiger partial charge is 0.497 e. The number of carbonyl (C=O) groups excluding carboxylic acids is 1. The van der Waals surface area contributed by atoms with Gasteiger partial charge in [0.25, 0.3) is 0 Å². The van der Waals surface area contributed by atoms with Gasteiger partial charge in [-0.2, -0.15) is 0 Å². The minimum absolute atomic E-state index is 0.0188. The van der Waals surface area contributed by atoms with Gasteiger partial charge in [0.15, 0.2) is 5.78 Å². The summed E-state index contributed by atoms with van der Waals surface area (Å²) in [6, 6.07) is 8.98. The Labute approximate surface area is 118 Å². The number of carbonyl (C=O) groups is 1. The van der Waals surface area contributed by atoms with Gasteiger partial charge in [0.05, 0.1) is 12.8 Å². The fourth-order valence-electron chi connectivity index (χ4n) is 1.63. The van der Waals surface area contributed by atoms with Crippen LogP contribution < -0.4 is 10.5 Å². The lowest BCUT2D eigenvalue weighted by atomic mass is 10.0. The van der Waals surface area contributed by atoms with Crippen molar-refractivity contribution in [2.24, 2.45) is 0 Å². The zero-order valence-corrected chi connectivity index (χ0v) is 11.7. The van der Waals surface area contributed by atoms with Gasteiger partial charge in [-0.05, 0) is 52.3 Å². The molecule has 0 unspecified atom stereocenters. The number of rotatable bonds is 3. The minimum Gasteiger partial charge on any atom is -0.497 e. The fraction of sp³-hybridized carbons (Fsp3) is 0.0714. The van der Waals surface area contributed by atoms with Crippen LogP contribution in [0.1, 0.15) is 15.9 Å². The van der Waals surface area contributed by atoms with Gasteiger partial charge in [0.2, 0.25) is 0 Å². The van der Waals surface area contributed by atoms with Gasteiger partial charge < -0.3 is 10.5 Å². The molecule has 2 aromatic rings. The molecule has 98 valence electrons. The third kappa shape index (κ3) is 2.76. The number of benzene rings is 2. The summed E-state index contributed by atoms with van der Waals surface area (Å²) in [5.74, 6) is -0.254. The molecular weight excluding hydrogens is 313 g/mol. The van der Waals surface area contributed by atoms with Gasteiger partial charge in [-0.3, -0.25) is 4.79 Å². The van der Waals surface area contributed by atoms with Crippen LogP contribution in [0.3, 0.4) is 0 Å². The van der Waals surface area contributed by atoms with Gasteiger partial charge in [0, 0.05) is 15.6 Å². The van der Waals surface area contributed by atoms with E-state index in [1.807, 2.05) is 0 Å². The highest BCUT2D eigenvalue weighted by Crippen LogP contribution is 2.25. The van der Waals surface area contributed by atoms with Crippen LogP contribution in [0.2, 0.25) is 0 Å². The van der Waals surface area contributed by atoms with Crippen LogP contribution in [-0.2, 0) is 0 Å². The van der Waals surface area contributed by atoms with Gasteiger partial charge >= 0.3 is 0 Å². The smallest absolute Gasteiger partial charge is 0.194 e. The third-order valence-electron chi connectivity index (χ3n) is 2.68. The Hall–Kier alpha value is -1.88. The molecule has 0 fully saturated rings. The molecule has 0 heterocycles. The molecule has 0 saturated carbocycles. The molecule has 3 nitrogen and oxygen atoms in total. The summed E-state index contributed by atoms with van der Waals surface area (Å²) in [6.07, 6.45) is 0. The van der Waals surface area contributed by atoms with E-state index in [1.54, 1.807) is 25.3 Å². The molecule has 5 heteroatoms. The highest BCUT2D eigenvalue weighted by molar-refractivity contribution is 9.10. The third-order valence-corrected chi connectivity index (χ3v) is 3.34. The van der Waals surface area contributed by atoms with E-state index in [1.165, 1.54) is 12.1 Å². The van der Waals surface area contributed by atoms with Crippen LogP contribution in [-0.4, -0.2) is 12.9 Å². The Balaban J connectivity index is 2.41. The molecule has 0 spiro atoms. The lowest BCUT2D eigenvalue weighted by Gasteiger charge is -2.07. The Morgan fingerprint density at radius 2 is 2.00 bits per heavy atom. The second kappa shape index (κ2) is 5.40. The Bertz CT molecular complexity index is 643. The second-order valence-electron chi connectivity index (χ2n) is 3.91. The summed E-state index contributed by atoms with van der Waals surface area (Å²) in [4.78, 5) is 12.3. The van der Waals surface area contributed by atoms with Crippen molar-refractivity contribution >= 4 is 27.4 Å². The maximum absolute atomic E-state index is 13.4. The van der Waals surface area contributed by atoms with Crippen LogP contribution >= 0.6 is 15.9 Å². The molecule has 2 aromatic carbocycles.